The lowest BCUT2D eigenvalue weighted by atomic mass is 10.1. The first-order chi connectivity index (χ1) is 9.31. The van der Waals surface area contributed by atoms with Crippen LogP contribution in [-0.4, -0.2) is 21.0 Å². The zero-order valence-corrected chi connectivity index (χ0v) is 13.6. The standard InChI is InChI=1S/C15H26N2O2S/c1-12(2)9-10-17-20(18,19)15-7-5-14(6-8-15)11-16-13(3)4/h5-8,12-13,16-17H,9-11H2,1-4H3. The Balaban J connectivity index is 2.62. The summed E-state index contributed by atoms with van der Waals surface area (Å²) in [6, 6.07) is 7.44. The Labute approximate surface area is 123 Å². The van der Waals surface area contributed by atoms with Gasteiger partial charge in [0.05, 0.1) is 4.90 Å². The first-order valence-corrected chi connectivity index (χ1v) is 8.61. The molecule has 0 atom stereocenters. The summed E-state index contributed by atoms with van der Waals surface area (Å²) in [5.74, 6) is 0.488. The van der Waals surface area contributed by atoms with Crippen molar-refractivity contribution in [3.05, 3.63) is 29.8 Å². The average Bonchev–Trinajstić information content (AvgIpc) is 2.36. The highest BCUT2D eigenvalue weighted by molar-refractivity contribution is 7.89. The fourth-order valence-electron chi connectivity index (χ4n) is 1.67. The first kappa shape index (κ1) is 17.1. The smallest absolute Gasteiger partial charge is 0.240 e. The Bertz CT molecular complexity index is 493. The predicted molar refractivity (Wildman–Crippen MR) is 83.1 cm³/mol. The number of sulfonamides is 1. The summed E-state index contributed by atoms with van der Waals surface area (Å²) < 4.78 is 26.8. The minimum absolute atomic E-state index is 0.328. The van der Waals surface area contributed by atoms with Crippen molar-refractivity contribution in [2.24, 2.45) is 5.92 Å². The molecule has 2 N–H and O–H groups in total. The molecule has 0 aliphatic rings. The van der Waals surface area contributed by atoms with Gasteiger partial charge in [-0.3, -0.25) is 0 Å². The minimum Gasteiger partial charge on any atom is -0.310 e. The van der Waals surface area contributed by atoms with Gasteiger partial charge in [-0.25, -0.2) is 13.1 Å². The Hall–Kier alpha value is -0.910. The van der Waals surface area contributed by atoms with Gasteiger partial charge in [-0.15, -0.1) is 0 Å². The maximum absolute atomic E-state index is 12.1. The van der Waals surface area contributed by atoms with E-state index in [-0.39, 0.29) is 0 Å². The lowest BCUT2D eigenvalue weighted by Crippen LogP contribution is -2.25. The van der Waals surface area contributed by atoms with E-state index in [4.69, 9.17) is 0 Å². The molecule has 1 aromatic carbocycles. The number of rotatable bonds is 8. The molecule has 1 rings (SSSR count). The van der Waals surface area contributed by atoms with Gasteiger partial charge in [0.25, 0.3) is 0 Å². The van der Waals surface area contributed by atoms with E-state index in [1.807, 2.05) is 12.1 Å². The molecule has 0 aliphatic carbocycles. The zero-order valence-electron chi connectivity index (χ0n) is 12.8. The van der Waals surface area contributed by atoms with Crippen molar-refractivity contribution >= 4 is 10.0 Å². The number of benzene rings is 1. The molecule has 5 heteroatoms. The van der Waals surface area contributed by atoms with E-state index in [1.165, 1.54) is 0 Å². The predicted octanol–water partition coefficient (Wildman–Crippen LogP) is 2.51. The third-order valence-electron chi connectivity index (χ3n) is 2.96. The van der Waals surface area contributed by atoms with Crippen LogP contribution in [0, 0.1) is 5.92 Å². The van der Waals surface area contributed by atoms with E-state index in [1.54, 1.807) is 12.1 Å². The average molecular weight is 298 g/mol. The Morgan fingerprint density at radius 3 is 2.15 bits per heavy atom. The van der Waals surface area contributed by atoms with Gasteiger partial charge in [0.1, 0.15) is 0 Å². The van der Waals surface area contributed by atoms with Crippen LogP contribution in [0.4, 0.5) is 0 Å². The molecule has 4 nitrogen and oxygen atoms in total. The van der Waals surface area contributed by atoms with E-state index < -0.39 is 10.0 Å². The van der Waals surface area contributed by atoms with Gasteiger partial charge in [0.15, 0.2) is 0 Å². The summed E-state index contributed by atoms with van der Waals surface area (Å²) in [5.41, 5.74) is 1.08. The number of hydrogen-bond acceptors (Lipinski definition) is 3. The summed E-state index contributed by atoms with van der Waals surface area (Å²) in [5, 5.41) is 3.30. The van der Waals surface area contributed by atoms with Crippen molar-refractivity contribution in [2.45, 2.75) is 51.6 Å². The van der Waals surface area contributed by atoms with E-state index >= 15 is 0 Å². The van der Waals surface area contributed by atoms with Gasteiger partial charge in [-0.2, -0.15) is 0 Å². The number of nitrogens with one attached hydrogen (secondary N) is 2. The van der Waals surface area contributed by atoms with Gasteiger partial charge in [0, 0.05) is 19.1 Å². The molecule has 0 fully saturated rings. The summed E-state index contributed by atoms with van der Waals surface area (Å²) in [6.45, 7) is 9.54. The fourth-order valence-corrected chi connectivity index (χ4v) is 2.72. The largest absolute Gasteiger partial charge is 0.310 e. The van der Waals surface area contributed by atoms with Crippen LogP contribution < -0.4 is 10.0 Å². The summed E-state index contributed by atoms with van der Waals surface area (Å²) in [6.07, 6.45) is 0.843. The van der Waals surface area contributed by atoms with Crippen molar-refractivity contribution in [1.29, 1.82) is 0 Å². The van der Waals surface area contributed by atoms with Crippen LogP contribution in [0.3, 0.4) is 0 Å². The molecule has 0 saturated carbocycles. The maximum Gasteiger partial charge on any atom is 0.240 e. The third kappa shape index (κ3) is 6.03. The molecular formula is C15H26N2O2S. The van der Waals surface area contributed by atoms with Crippen molar-refractivity contribution < 1.29 is 8.42 Å². The van der Waals surface area contributed by atoms with Gasteiger partial charge in [-0.05, 0) is 30.0 Å². The third-order valence-corrected chi connectivity index (χ3v) is 4.44. The van der Waals surface area contributed by atoms with E-state index in [2.05, 4.69) is 37.7 Å². The zero-order chi connectivity index (χ0) is 15.2. The highest BCUT2D eigenvalue weighted by Gasteiger charge is 2.13. The van der Waals surface area contributed by atoms with Crippen LogP contribution in [0.1, 0.15) is 39.7 Å². The van der Waals surface area contributed by atoms with Crippen LogP contribution in [0.15, 0.2) is 29.2 Å². The van der Waals surface area contributed by atoms with E-state index in [0.717, 1.165) is 18.5 Å². The quantitative estimate of drug-likeness (QED) is 0.775. The molecule has 0 aromatic heterocycles. The van der Waals surface area contributed by atoms with Crippen LogP contribution in [-0.2, 0) is 16.6 Å². The molecule has 0 bridgehead atoms. The Morgan fingerprint density at radius 2 is 1.65 bits per heavy atom. The van der Waals surface area contributed by atoms with Gasteiger partial charge >= 0.3 is 0 Å². The normalized spacial score (nSPS) is 12.3. The minimum atomic E-state index is -3.37. The van der Waals surface area contributed by atoms with Gasteiger partial charge in [0.2, 0.25) is 10.0 Å². The van der Waals surface area contributed by atoms with Crippen molar-refractivity contribution in [3.63, 3.8) is 0 Å². The molecule has 20 heavy (non-hydrogen) atoms. The second kappa shape index (κ2) is 7.76. The maximum atomic E-state index is 12.1. The second-order valence-electron chi connectivity index (χ2n) is 5.76. The van der Waals surface area contributed by atoms with Gasteiger partial charge < -0.3 is 5.32 Å². The molecule has 0 heterocycles. The Kier molecular flexibility index (Phi) is 6.65. The summed E-state index contributed by atoms with van der Waals surface area (Å²) in [7, 11) is -3.37. The van der Waals surface area contributed by atoms with Crippen LogP contribution in [0.2, 0.25) is 0 Å². The molecule has 0 unspecified atom stereocenters. The van der Waals surface area contributed by atoms with Crippen molar-refractivity contribution in [1.82, 2.24) is 10.0 Å². The van der Waals surface area contributed by atoms with E-state index in [0.29, 0.717) is 23.4 Å². The van der Waals surface area contributed by atoms with Crippen molar-refractivity contribution in [3.8, 4) is 0 Å². The lowest BCUT2D eigenvalue weighted by molar-refractivity contribution is 0.551. The molecule has 114 valence electrons. The van der Waals surface area contributed by atoms with Gasteiger partial charge in [-0.1, -0.05) is 39.8 Å². The molecule has 0 radical (unpaired) electrons. The highest BCUT2D eigenvalue weighted by atomic mass is 32.2. The van der Waals surface area contributed by atoms with E-state index in [9.17, 15) is 8.42 Å². The van der Waals surface area contributed by atoms with Crippen LogP contribution in [0.25, 0.3) is 0 Å². The molecule has 0 aliphatic heterocycles. The van der Waals surface area contributed by atoms with Crippen molar-refractivity contribution in [2.75, 3.05) is 6.54 Å². The molecule has 1 aromatic rings. The van der Waals surface area contributed by atoms with Crippen LogP contribution >= 0.6 is 0 Å². The lowest BCUT2D eigenvalue weighted by Gasteiger charge is -2.10. The SMILES string of the molecule is CC(C)CCNS(=O)(=O)c1ccc(CNC(C)C)cc1. The topological polar surface area (TPSA) is 58.2 Å². The molecule has 0 amide bonds. The highest BCUT2D eigenvalue weighted by Crippen LogP contribution is 2.11. The molecule has 0 spiro atoms. The second-order valence-corrected chi connectivity index (χ2v) is 7.53. The number of hydrogen-bond donors (Lipinski definition) is 2. The first-order valence-electron chi connectivity index (χ1n) is 7.13. The molecule has 0 saturated heterocycles. The Morgan fingerprint density at radius 1 is 1.05 bits per heavy atom. The monoisotopic (exact) mass is 298 g/mol. The van der Waals surface area contributed by atoms with Crippen LogP contribution in [0.5, 0.6) is 0 Å². The summed E-state index contributed by atoms with van der Waals surface area (Å²) >= 11 is 0. The fraction of sp³-hybridized carbons (Fsp3) is 0.600. The summed E-state index contributed by atoms with van der Waals surface area (Å²) in [4.78, 5) is 0.328. The molecular weight excluding hydrogens is 272 g/mol.